The zero-order chi connectivity index (χ0) is 35.3. The molecule has 0 saturated heterocycles. The van der Waals surface area contributed by atoms with E-state index in [1.165, 1.54) is 18.6 Å². The highest BCUT2D eigenvalue weighted by molar-refractivity contribution is 6.38. The van der Waals surface area contributed by atoms with Crippen molar-refractivity contribution in [3.63, 3.8) is 0 Å². The summed E-state index contributed by atoms with van der Waals surface area (Å²) in [5.74, 6) is -4.05. The van der Waals surface area contributed by atoms with Gasteiger partial charge in [-0.15, -0.1) is 0 Å². The van der Waals surface area contributed by atoms with E-state index in [4.69, 9.17) is 0 Å². The van der Waals surface area contributed by atoms with Crippen molar-refractivity contribution in [3.8, 4) is 0 Å². The molecule has 4 saturated carbocycles. The van der Waals surface area contributed by atoms with Crippen molar-refractivity contribution >= 4 is 35.2 Å². The molecule has 1 aromatic heterocycles. The van der Waals surface area contributed by atoms with E-state index in [0.29, 0.717) is 19.3 Å². The molecular weight excluding hydrogens is 624 g/mol. The Balaban J connectivity index is 1.36. The molecule has 12 nitrogen and oxygen atoms in total. The Morgan fingerprint density at radius 1 is 0.878 bits per heavy atom. The highest BCUT2D eigenvalue weighted by Gasteiger charge is 2.54. The van der Waals surface area contributed by atoms with E-state index >= 15 is 0 Å². The topological polar surface area (TPSA) is 176 Å². The summed E-state index contributed by atoms with van der Waals surface area (Å²) in [6.45, 7) is 7.57. The molecule has 0 bridgehead atoms. The molecule has 7 atom stereocenters. The molecule has 5 rings (SSSR count). The molecule has 268 valence electrons. The largest absolute Gasteiger partial charge is 0.347 e. The van der Waals surface area contributed by atoms with Gasteiger partial charge in [-0.1, -0.05) is 66.2 Å². The van der Waals surface area contributed by atoms with Crippen molar-refractivity contribution in [2.24, 2.45) is 35.0 Å². The second kappa shape index (κ2) is 15.9. The number of Topliss-reactive ketones (excluding diaryl/α,β-unsaturated/α-hetero) is 2. The summed E-state index contributed by atoms with van der Waals surface area (Å²) in [4.78, 5) is 90.0. The van der Waals surface area contributed by atoms with Gasteiger partial charge in [-0.3, -0.25) is 33.8 Å². The van der Waals surface area contributed by atoms with Crippen molar-refractivity contribution in [1.82, 2.24) is 31.2 Å². The third-order valence-corrected chi connectivity index (χ3v) is 11.1. The van der Waals surface area contributed by atoms with Gasteiger partial charge in [-0.05, 0) is 68.1 Å². The van der Waals surface area contributed by atoms with Gasteiger partial charge >= 0.3 is 0 Å². The van der Waals surface area contributed by atoms with Crippen LogP contribution < -0.4 is 21.3 Å². The molecule has 4 N–H and O–H groups in total. The van der Waals surface area contributed by atoms with Gasteiger partial charge in [0, 0.05) is 24.4 Å². The van der Waals surface area contributed by atoms with E-state index < -0.39 is 58.9 Å². The van der Waals surface area contributed by atoms with Crippen LogP contribution >= 0.6 is 0 Å². The number of hydrogen-bond donors (Lipinski definition) is 4. The summed E-state index contributed by atoms with van der Waals surface area (Å²) in [5.41, 5.74) is -0.588. The zero-order valence-corrected chi connectivity index (χ0v) is 29.5. The van der Waals surface area contributed by atoms with Crippen LogP contribution in [0.5, 0.6) is 0 Å². The number of fused-ring (bicyclic) bond motifs is 1. The SMILES string of the molecule is CCC[C@H](NC(=O)C1C(C(=O)[C@@H](NC(=O)[C@@H](NC(=O)c2cnccn2)C2CCCCC2)C(C)(C)C)C[C@@H]2CCC[C@H]12)C(=O)C(=O)NC1CC1. The molecule has 1 aromatic rings. The monoisotopic (exact) mass is 678 g/mol. The van der Waals surface area contributed by atoms with Crippen molar-refractivity contribution in [1.29, 1.82) is 0 Å². The maximum absolute atomic E-state index is 14.7. The van der Waals surface area contributed by atoms with Gasteiger partial charge in [-0.25, -0.2) is 4.98 Å². The summed E-state index contributed by atoms with van der Waals surface area (Å²) in [7, 11) is 0. The fraction of sp³-hybridized carbons (Fsp3) is 0.730. The van der Waals surface area contributed by atoms with Crippen LogP contribution in [0.25, 0.3) is 0 Å². The van der Waals surface area contributed by atoms with Crippen LogP contribution in [0.4, 0.5) is 0 Å². The number of nitrogens with one attached hydrogen (secondary N) is 4. The first kappa shape index (κ1) is 36.6. The van der Waals surface area contributed by atoms with Gasteiger partial charge in [0.2, 0.25) is 17.6 Å². The maximum Gasteiger partial charge on any atom is 0.289 e. The van der Waals surface area contributed by atoms with Gasteiger partial charge in [0.1, 0.15) is 11.7 Å². The Hall–Kier alpha value is -3.70. The second-order valence-corrected chi connectivity index (χ2v) is 15.8. The molecule has 4 fully saturated rings. The van der Waals surface area contributed by atoms with Gasteiger partial charge in [0.25, 0.3) is 11.8 Å². The minimum atomic E-state index is -0.959. The van der Waals surface area contributed by atoms with E-state index in [-0.39, 0.29) is 41.2 Å². The fourth-order valence-electron chi connectivity index (χ4n) is 8.40. The smallest absolute Gasteiger partial charge is 0.289 e. The normalized spacial score (nSPS) is 25.7. The van der Waals surface area contributed by atoms with E-state index in [1.54, 1.807) is 0 Å². The lowest BCUT2D eigenvalue weighted by Crippen LogP contribution is -2.59. The summed E-state index contributed by atoms with van der Waals surface area (Å²) < 4.78 is 0. The first-order valence-corrected chi connectivity index (χ1v) is 18.4. The van der Waals surface area contributed by atoms with Crippen LogP contribution in [0.3, 0.4) is 0 Å². The molecule has 4 aliphatic rings. The van der Waals surface area contributed by atoms with Gasteiger partial charge in [-0.2, -0.15) is 0 Å². The van der Waals surface area contributed by atoms with Crippen LogP contribution in [-0.4, -0.2) is 69.3 Å². The lowest BCUT2D eigenvalue weighted by atomic mass is 9.75. The zero-order valence-electron chi connectivity index (χ0n) is 29.5. The number of carbonyl (C=O) groups is 6. The molecule has 0 aliphatic heterocycles. The average Bonchev–Trinajstić information content (AvgIpc) is 3.65. The predicted octanol–water partition coefficient (Wildman–Crippen LogP) is 3.44. The lowest BCUT2D eigenvalue weighted by molar-refractivity contribution is -0.142. The number of ketones is 2. The van der Waals surface area contributed by atoms with Crippen molar-refractivity contribution in [2.75, 3.05) is 0 Å². The van der Waals surface area contributed by atoms with Crippen molar-refractivity contribution in [3.05, 3.63) is 24.3 Å². The molecular formula is C37H54N6O6. The minimum Gasteiger partial charge on any atom is -0.347 e. The first-order valence-electron chi connectivity index (χ1n) is 18.4. The fourth-order valence-corrected chi connectivity index (χ4v) is 8.40. The lowest BCUT2D eigenvalue weighted by Gasteiger charge is -2.37. The Bertz CT molecular complexity index is 1390. The molecule has 12 heteroatoms. The average molecular weight is 679 g/mol. The van der Waals surface area contributed by atoms with E-state index in [2.05, 4.69) is 31.2 Å². The second-order valence-electron chi connectivity index (χ2n) is 15.8. The molecule has 0 aromatic carbocycles. The van der Waals surface area contributed by atoms with Crippen LogP contribution in [0.2, 0.25) is 0 Å². The highest BCUT2D eigenvalue weighted by Crippen LogP contribution is 2.52. The van der Waals surface area contributed by atoms with E-state index in [9.17, 15) is 28.8 Å². The molecule has 1 heterocycles. The molecule has 49 heavy (non-hydrogen) atoms. The number of nitrogens with zero attached hydrogens (tertiary/aromatic N) is 2. The van der Waals surface area contributed by atoms with E-state index in [0.717, 1.165) is 64.2 Å². The third-order valence-electron chi connectivity index (χ3n) is 11.1. The van der Waals surface area contributed by atoms with Gasteiger partial charge < -0.3 is 21.3 Å². The maximum atomic E-state index is 14.7. The summed E-state index contributed by atoms with van der Waals surface area (Å²) in [6, 6.07) is -2.72. The van der Waals surface area contributed by atoms with Gasteiger partial charge in [0.05, 0.1) is 24.2 Å². The van der Waals surface area contributed by atoms with Crippen LogP contribution in [0.1, 0.15) is 122 Å². The standard InChI is InChI=1S/C37H54N6O6/c1-5-10-26(31(45)36(49)40-23-15-16-23)41-34(47)28-24-14-9-13-22(24)19-25(28)30(44)32(37(2,3)4)43-35(48)29(21-11-7-6-8-12-21)42-33(46)27-20-38-17-18-39-27/h17-18,20-26,28-29,32H,5-16,19H2,1-4H3,(H,40,49)(H,41,47)(H,42,46)(H,43,48)/t22-,24-,25?,26-,28?,29-,32+/m0/s1. The summed E-state index contributed by atoms with van der Waals surface area (Å²) >= 11 is 0. The third kappa shape index (κ3) is 8.91. The number of amides is 4. The first-order chi connectivity index (χ1) is 23.4. The number of hydrogen-bond acceptors (Lipinski definition) is 8. The number of aromatic nitrogens is 2. The number of carbonyl (C=O) groups excluding carboxylic acids is 6. The minimum absolute atomic E-state index is 0.0100. The molecule has 0 spiro atoms. The van der Waals surface area contributed by atoms with Crippen molar-refractivity contribution in [2.45, 2.75) is 135 Å². The summed E-state index contributed by atoms with van der Waals surface area (Å²) in [5, 5.41) is 11.6. The van der Waals surface area contributed by atoms with E-state index in [1.807, 2.05) is 27.7 Å². The highest BCUT2D eigenvalue weighted by atomic mass is 16.2. The Morgan fingerprint density at radius 2 is 1.61 bits per heavy atom. The predicted molar refractivity (Wildman–Crippen MR) is 182 cm³/mol. The summed E-state index contributed by atoms with van der Waals surface area (Å²) in [6.07, 6.45) is 14.6. The molecule has 4 amide bonds. The Morgan fingerprint density at radius 3 is 2.24 bits per heavy atom. The Kier molecular flexibility index (Phi) is 11.9. The van der Waals surface area contributed by atoms with Crippen LogP contribution in [0, 0.1) is 35.0 Å². The van der Waals surface area contributed by atoms with Crippen LogP contribution in [-0.2, 0) is 24.0 Å². The quantitative estimate of drug-likeness (QED) is 0.216. The van der Waals surface area contributed by atoms with Crippen LogP contribution in [0.15, 0.2) is 18.6 Å². The molecule has 0 radical (unpaired) electrons. The van der Waals surface area contributed by atoms with Gasteiger partial charge in [0.15, 0.2) is 5.78 Å². The Labute approximate surface area is 289 Å². The molecule has 2 unspecified atom stereocenters. The number of rotatable bonds is 14. The van der Waals surface area contributed by atoms with Crippen molar-refractivity contribution < 1.29 is 28.8 Å². The molecule has 4 aliphatic carbocycles.